The molecule has 2 fully saturated rings. The lowest BCUT2D eigenvalue weighted by atomic mass is 9.97. The van der Waals surface area contributed by atoms with Crippen molar-refractivity contribution in [3.05, 3.63) is 0 Å². The summed E-state index contributed by atoms with van der Waals surface area (Å²) >= 11 is 0. The fourth-order valence-corrected chi connectivity index (χ4v) is 3.44. The highest BCUT2D eigenvalue weighted by Gasteiger charge is 2.31. The number of nitrogens with one attached hydrogen (secondary N) is 1. The third-order valence-electron chi connectivity index (χ3n) is 4.53. The Morgan fingerprint density at radius 3 is 2.82 bits per heavy atom. The lowest BCUT2D eigenvalue weighted by Gasteiger charge is -2.35. The molecule has 0 bridgehead atoms. The SMILES string of the molecule is CCCCCCCNC1CCN2CCCC2C1. The summed E-state index contributed by atoms with van der Waals surface area (Å²) in [6, 6.07) is 1.74. The minimum Gasteiger partial charge on any atom is -0.314 e. The number of hydrogen-bond donors (Lipinski definition) is 1. The Hall–Kier alpha value is -0.0800. The zero-order valence-electron chi connectivity index (χ0n) is 11.6. The maximum atomic E-state index is 3.78. The molecule has 0 radical (unpaired) electrons. The second-order valence-electron chi connectivity index (χ2n) is 5.92. The predicted molar refractivity (Wildman–Crippen MR) is 74.4 cm³/mol. The first kappa shape index (κ1) is 13.4. The van der Waals surface area contributed by atoms with E-state index in [0.717, 1.165) is 12.1 Å². The highest BCUT2D eigenvalue weighted by atomic mass is 15.2. The smallest absolute Gasteiger partial charge is 0.0111 e. The van der Waals surface area contributed by atoms with E-state index >= 15 is 0 Å². The first-order chi connectivity index (χ1) is 8.40. The Kier molecular flexibility index (Phi) is 5.79. The molecule has 2 unspecified atom stereocenters. The van der Waals surface area contributed by atoms with Gasteiger partial charge in [0.15, 0.2) is 0 Å². The van der Waals surface area contributed by atoms with E-state index in [0.29, 0.717) is 0 Å². The Morgan fingerprint density at radius 1 is 1.06 bits per heavy atom. The van der Waals surface area contributed by atoms with E-state index in [9.17, 15) is 0 Å². The number of hydrogen-bond acceptors (Lipinski definition) is 2. The van der Waals surface area contributed by atoms with Crippen LogP contribution in [0.4, 0.5) is 0 Å². The number of nitrogens with zero attached hydrogens (tertiary/aromatic N) is 1. The van der Waals surface area contributed by atoms with Crippen LogP contribution in [0.25, 0.3) is 0 Å². The van der Waals surface area contributed by atoms with Gasteiger partial charge >= 0.3 is 0 Å². The summed E-state index contributed by atoms with van der Waals surface area (Å²) in [5.74, 6) is 0. The van der Waals surface area contributed by atoms with Gasteiger partial charge in [-0.3, -0.25) is 0 Å². The van der Waals surface area contributed by atoms with E-state index in [2.05, 4.69) is 17.1 Å². The largest absolute Gasteiger partial charge is 0.314 e. The molecule has 1 N–H and O–H groups in total. The molecule has 0 aromatic heterocycles. The van der Waals surface area contributed by atoms with Crippen LogP contribution in [0.1, 0.15) is 64.7 Å². The molecule has 0 spiro atoms. The van der Waals surface area contributed by atoms with E-state index in [-0.39, 0.29) is 0 Å². The van der Waals surface area contributed by atoms with Gasteiger partial charge in [-0.25, -0.2) is 0 Å². The van der Waals surface area contributed by atoms with Crippen LogP contribution in [0.2, 0.25) is 0 Å². The molecule has 2 heteroatoms. The Balaban J connectivity index is 1.51. The number of unbranched alkanes of at least 4 members (excludes halogenated alkanes) is 4. The summed E-state index contributed by atoms with van der Waals surface area (Å²) in [6.07, 6.45) is 12.7. The van der Waals surface area contributed by atoms with Crippen molar-refractivity contribution in [3.8, 4) is 0 Å². The van der Waals surface area contributed by atoms with Crippen LogP contribution in [0.5, 0.6) is 0 Å². The molecule has 100 valence electrons. The van der Waals surface area contributed by atoms with Crippen LogP contribution < -0.4 is 5.32 Å². The zero-order valence-corrected chi connectivity index (χ0v) is 11.6. The molecule has 17 heavy (non-hydrogen) atoms. The van der Waals surface area contributed by atoms with Crippen LogP contribution in [0.15, 0.2) is 0 Å². The van der Waals surface area contributed by atoms with Gasteiger partial charge in [0, 0.05) is 12.1 Å². The normalized spacial score (nSPS) is 29.5. The number of fused-ring (bicyclic) bond motifs is 1. The molecule has 0 aromatic rings. The first-order valence-corrected chi connectivity index (χ1v) is 7.87. The van der Waals surface area contributed by atoms with E-state index in [4.69, 9.17) is 0 Å². The highest BCUT2D eigenvalue weighted by molar-refractivity contribution is 4.89. The van der Waals surface area contributed by atoms with Crippen molar-refractivity contribution in [2.45, 2.75) is 76.8 Å². The zero-order chi connectivity index (χ0) is 11.9. The molecule has 0 aliphatic carbocycles. The van der Waals surface area contributed by atoms with Crippen molar-refractivity contribution in [1.82, 2.24) is 10.2 Å². The second kappa shape index (κ2) is 7.38. The fraction of sp³-hybridized carbons (Fsp3) is 1.00. The molecule has 2 nitrogen and oxygen atoms in total. The molecule has 2 atom stereocenters. The summed E-state index contributed by atoms with van der Waals surface area (Å²) < 4.78 is 0. The third-order valence-corrected chi connectivity index (χ3v) is 4.53. The lowest BCUT2D eigenvalue weighted by Crippen LogP contribution is -2.45. The second-order valence-corrected chi connectivity index (χ2v) is 5.92. The topological polar surface area (TPSA) is 15.3 Å². The number of rotatable bonds is 7. The van der Waals surface area contributed by atoms with Gasteiger partial charge in [-0.05, 0) is 51.7 Å². The minimum absolute atomic E-state index is 0.820. The van der Waals surface area contributed by atoms with Crippen LogP contribution in [-0.2, 0) is 0 Å². The van der Waals surface area contributed by atoms with Crippen molar-refractivity contribution in [2.75, 3.05) is 19.6 Å². The Labute approximate surface area is 107 Å². The molecular weight excluding hydrogens is 208 g/mol. The van der Waals surface area contributed by atoms with Gasteiger partial charge in [0.1, 0.15) is 0 Å². The average Bonchev–Trinajstić information content (AvgIpc) is 2.81. The van der Waals surface area contributed by atoms with E-state index in [1.165, 1.54) is 77.4 Å². The van der Waals surface area contributed by atoms with Gasteiger partial charge in [0.05, 0.1) is 0 Å². The maximum absolute atomic E-state index is 3.78. The monoisotopic (exact) mass is 238 g/mol. The molecule has 0 aromatic carbocycles. The van der Waals surface area contributed by atoms with Crippen LogP contribution in [0.3, 0.4) is 0 Å². The molecule has 0 amide bonds. The van der Waals surface area contributed by atoms with Crippen molar-refractivity contribution >= 4 is 0 Å². The quantitative estimate of drug-likeness (QED) is 0.685. The van der Waals surface area contributed by atoms with Crippen LogP contribution in [0, 0.1) is 0 Å². The summed E-state index contributed by atoms with van der Waals surface area (Å²) in [4.78, 5) is 2.71. The lowest BCUT2D eigenvalue weighted by molar-refractivity contribution is 0.167. The molecule has 2 saturated heterocycles. The van der Waals surface area contributed by atoms with Crippen LogP contribution in [-0.4, -0.2) is 36.6 Å². The summed E-state index contributed by atoms with van der Waals surface area (Å²) in [5.41, 5.74) is 0. The van der Waals surface area contributed by atoms with Crippen molar-refractivity contribution in [2.24, 2.45) is 0 Å². The predicted octanol–water partition coefficient (Wildman–Crippen LogP) is 3.17. The van der Waals surface area contributed by atoms with Gasteiger partial charge in [-0.1, -0.05) is 32.6 Å². The Bertz CT molecular complexity index is 205. The van der Waals surface area contributed by atoms with Crippen molar-refractivity contribution < 1.29 is 0 Å². The third kappa shape index (κ3) is 4.26. The van der Waals surface area contributed by atoms with Gasteiger partial charge in [-0.15, -0.1) is 0 Å². The van der Waals surface area contributed by atoms with Gasteiger partial charge < -0.3 is 10.2 Å². The maximum Gasteiger partial charge on any atom is 0.0111 e. The number of piperidine rings is 1. The van der Waals surface area contributed by atoms with E-state index in [1.807, 2.05) is 0 Å². The molecule has 2 aliphatic heterocycles. The molecule has 2 rings (SSSR count). The highest BCUT2D eigenvalue weighted by Crippen LogP contribution is 2.26. The molecular formula is C15H30N2. The van der Waals surface area contributed by atoms with Crippen molar-refractivity contribution in [1.29, 1.82) is 0 Å². The van der Waals surface area contributed by atoms with Gasteiger partial charge in [0.25, 0.3) is 0 Å². The van der Waals surface area contributed by atoms with Gasteiger partial charge in [0.2, 0.25) is 0 Å². The first-order valence-electron chi connectivity index (χ1n) is 7.87. The van der Waals surface area contributed by atoms with E-state index < -0.39 is 0 Å². The summed E-state index contributed by atoms with van der Waals surface area (Å²) in [7, 11) is 0. The van der Waals surface area contributed by atoms with Gasteiger partial charge in [-0.2, -0.15) is 0 Å². The summed E-state index contributed by atoms with van der Waals surface area (Å²) in [6.45, 7) is 6.25. The fourth-order valence-electron chi connectivity index (χ4n) is 3.44. The summed E-state index contributed by atoms with van der Waals surface area (Å²) in [5, 5.41) is 3.78. The molecule has 2 aliphatic rings. The molecule has 2 heterocycles. The van der Waals surface area contributed by atoms with Crippen LogP contribution >= 0.6 is 0 Å². The molecule has 0 saturated carbocycles. The standard InChI is InChI=1S/C15H30N2/c1-2-3-4-5-6-10-16-14-9-12-17-11-7-8-15(17)13-14/h14-16H,2-13H2,1H3. The van der Waals surface area contributed by atoms with E-state index in [1.54, 1.807) is 0 Å². The Morgan fingerprint density at radius 2 is 1.94 bits per heavy atom. The minimum atomic E-state index is 0.820. The van der Waals surface area contributed by atoms with Crippen molar-refractivity contribution in [3.63, 3.8) is 0 Å². The average molecular weight is 238 g/mol.